The number of benzene rings is 1. The minimum absolute atomic E-state index is 0.0833. The van der Waals surface area contributed by atoms with Gasteiger partial charge in [-0.3, -0.25) is 0 Å². The Labute approximate surface area is 88.9 Å². The minimum Gasteiger partial charge on any atom is -0.382 e. The lowest BCUT2D eigenvalue weighted by Crippen LogP contribution is -2.56. The molecule has 0 spiro atoms. The second kappa shape index (κ2) is 3.43. The largest absolute Gasteiger partial charge is 0.419 e. The Bertz CT molecular complexity index is 412. The van der Waals surface area contributed by atoms with Crippen molar-refractivity contribution in [3.05, 3.63) is 35.1 Å². The van der Waals surface area contributed by atoms with E-state index in [9.17, 15) is 22.7 Å². The molecule has 6 heteroatoms. The summed E-state index contributed by atoms with van der Waals surface area (Å²) < 4.78 is 50.2. The molecular formula is C10H9F4NO. The van der Waals surface area contributed by atoms with Crippen molar-refractivity contribution in [3.8, 4) is 0 Å². The van der Waals surface area contributed by atoms with Crippen LogP contribution in [0.3, 0.4) is 0 Å². The van der Waals surface area contributed by atoms with E-state index in [0.29, 0.717) is 6.07 Å². The van der Waals surface area contributed by atoms with Crippen molar-refractivity contribution in [1.82, 2.24) is 5.32 Å². The lowest BCUT2D eigenvalue weighted by molar-refractivity contribution is -0.140. The van der Waals surface area contributed by atoms with Gasteiger partial charge in [-0.25, -0.2) is 4.39 Å². The summed E-state index contributed by atoms with van der Waals surface area (Å²) in [6.45, 7) is 0.353. The molecule has 1 saturated heterocycles. The van der Waals surface area contributed by atoms with Crippen molar-refractivity contribution in [2.45, 2.75) is 11.8 Å². The van der Waals surface area contributed by atoms with Crippen molar-refractivity contribution in [3.63, 3.8) is 0 Å². The highest BCUT2D eigenvalue weighted by molar-refractivity contribution is 5.33. The predicted octanol–water partition coefficient (Wildman–Crippen LogP) is 1.64. The zero-order chi connectivity index (χ0) is 12.0. The van der Waals surface area contributed by atoms with Gasteiger partial charge in [0.25, 0.3) is 0 Å². The van der Waals surface area contributed by atoms with Gasteiger partial charge >= 0.3 is 6.18 Å². The summed E-state index contributed by atoms with van der Waals surface area (Å²) in [6.07, 6.45) is -4.74. The van der Waals surface area contributed by atoms with E-state index in [0.717, 1.165) is 6.07 Å². The van der Waals surface area contributed by atoms with Crippen LogP contribution in [-0.2, 0) is 11.8 Å². The number of nitrogens with one attached hydrogen (secondary N) is 1. The number of rotatable bonds is 1. The molecule has 0 bridgehead atoms. The number of hydrogen-bond donors (Lipinski definition) is 2. The third-order valence-electron chi connectivity index (χ3n) is 2.64. The fourth-order valence-corrected chi connectivity index (χ4v) is 1.60. The topological polar surface area (TPSA) is 32.3 Å². The Morgan fingerprint density at radius 1 is 1.25 bits per heavy atom. The third kappa shape index (κ3) is 1.78. The maximum atomic E-state index is 13.0. The molecule has 0 aliphatic carbocycles. The van der Waals surface area contributed by atoms with E-state index in [-0.39, 0.29) is 18.7 Å². The SMILES string of the molecule is OC1(c2ccc(F)c(C(F)(F)F)c2)CNC1. The van der Waals surface area contributed by atoms with Crippen LogP contribution in [-0.4, -0.2) is 18.2 Å². The summed E-state index contributed by atoms with van der Waals surface area (Å²) in [5.41, 5.74) is -2.57. The Balaban J connectivity index is 2.43. The summed E-state index contributed by atoms with van der Waals surface area (Å²) in [4.78, 5) is 0. The Morgan fingerprint density at radius 3 is 2.31 bits per heavy atom. The van der Waals surface area contributed by atoms with Crippen LogP contribution in [0, 0.1) is 5.82 Å². The summed E-state index contributed by atoms with van der Waals surface area (Å²) in [5.74, 6) is -1.33. The predicted molar refractivity (Wildman–Crippen MR) is 48.2 cm³/mol. The zero-order valence-corrected chi connectivity index (χ0v) is 8.11. The molecule has 0 atom stereocenters. The van der Waals surface area contributed by atoms with Crippen LogP contribution in [0.5, 0.6) is 0 Å². The molecule has 0 unspecified atom stereocenters. The first kappa shape index (κ1) is 11.3. The van der Waals surface area contributed by atoms with Crippen LogP contribution >= 0.6 is 0 Å². The lowest BCUT2D eigenvalue weighted by atomic mass is 9.87. The normalized spacial score (nSPS) is 19.3. The summed E-state index contributed by atoms with van der Waals surface area (Å²) in [7, 11) is 0. The van der Waals surface area contributed by atoms with Gasteiger partial charge in [0, 0.05) is 13.1 Å². The van der Waals surface area contributed by atoms with Gasteiger partial charge in [-0.2, -0.15) is 13.2 Å². The van der Waals surface area contributed by atoms with Crippen molar-refractivity contribution < 1.29 is 22.7 Å². The summed E-state index contributed by atoms with van der Waals surface area (Å²) in [5, 5.41) is 12.6. The number of hydrogen-bond acceptors (Lipinski definition) is 2. The molecule has 1 aliphatic rings. The lowest BCUT2D eigenvalue weighted by Gasteiger charge is -2.38. The van der Waals surface area contributed by atoms with Gasteiger partial charge in [0.1, 0.15) is 11.4 Å². The van der Waals surface area contributed by atoms with Crippen molar-refractivity contribution in [2.75, 3.05) is 13.1 Å². The number of aliphatic hydroxyl groups is 1. The van der Waals surface area contributed by atoms with E-state index >= 15 is 0 Å². The zero-order valence-electron chi connectivity index (χ0n) is 8.11. The third-order valence-corrected chi connectivity index (χ3v) is 2.64. The number of halogens is 4. The van der Waals surface area contributed by atoms with E-state index in [4.69, 9.17) is 0 Å². The molecule has 0 radical (unpaired) electrons. The van der Waals surface area contributed by atoms with Gasteiger partial charge in [0.15, 0.2) is 0 Å². The highest BCUT2D eigenvalue weighted by Gasteiger charge is 2.40. The maximum absolute atomic E-state index is 13.0. The van der Waals surface area contributed by atoms with Gasteiger partial charge < -0.3 is 10.4 Å². The molecule has 1 fully saturated rings. The molecule has 0 amide bonds. The first-order valence-electron chi connectivity index (χ1n) is 4.63. The van der Waals surface area contributed by atoms with Crippen molar-refractivity contribution >= 4 is 0 Å². The molecule has 2 N–H and O–H groups in total. The molecule has 1 aromatic rings. The number of alkyl halides is 3. The van der Waals surface area contributed by atoms with Crippen LogP contribution in [0.2, 0.25) is 0 Å². The molecule has 1 aromatic carbocycles. The standard InChI is InChI=1S/C10H9F4NO/c11-8-2-1-6(9(16)4-15-5-9)3-7(8)10(12,13)14/h1-3,15-16H,4-5H2. The summed E-state index contributed by atoms with van der Waals surface area (Å²) >= 11 is 0. The van der Waals surface area contributed by atoms with Crippen LogP contribution < -0.4 is 5.32 Å². The van der Waals surface area contributed by atoms with E-state index in [1.165, 1.54) is 6.07 Å². The van der Waals surface area contributed by atoms with E-state index < -0.39 is 23.2 Å². The molecule has 0 aromatic heterocycles. The Hall–Kier alpha value is -1.14. The van der Waals surface area contributed by atoms with Crippen molar-refractivity contribution in [2.24, 2.45) is 0 Å². The highest BCUT2D eigenvalue weighted by atomic mass is 19.4. The minimum atomic E-state index is -4.74. The maximum Gasteiger partial charge on any atom is 0.419 e. The molecule has 2 nitrogen and oxygen atoms in total. The second-order valence-corrected chi connectivity index (χ2v) is 3.83. The molecule has 0 saturated carbocycles. The van der Waals surface area contributed by atoms with Gasteiger partial charge in [-0.15, -0.1) is 0 Å². The van der Waals surface area contributed by atoms with E-state index in [2.05, 4.69) is 5.32 Å². The van der Waals surface area contributed by atoms with Crippen molar-refractivity contribution in [1.29, 1.82) is 0 Å². The smallest absolute Gasteiger partial charge is 0.382 e. The molecular weight excluding hydrogens is 226 g/mol. The molecule has 2 rings (SSSR count). The highest BCUT2D eigenvalue weighted by Crippen LogP contribution is 2.35. The number of β-amino-alcohol motifs (C(OH)–C–C–N with tert-alkyl or cyclic N) is 1. The fraction of sp³-hybridized carbons (Fsp3) is 0.400. The average molecular weight is 235 g/mol. The average Bonchev–Trinajstić information content (AvgIpc) is 2.13. The van der Waals surface area contributed by atoms with E-state index in [1.54, 1.807) is 0 Å². The monoisotopic (exact) mass is 235 g/mol. The van der Waals surface area contributed by atoms with Gasteiger partial charge in [0.2, 0.25) is 0 Å². The second-order valence-electron chi connectivity index (χ2n) is 3.83. The van der Waals surface area contributed by atoms with Gasteiger partial charge in [-0.05, 0) is 17.7 Å². The van der Waals surface area contributed by atoms with E-state index in [1.807, 2.05) is 0 Å². The molecule has 1 aliphatic heterocycles. The first-order chi connectivity index (χ1) is 7.33. The van der Waals surface area contributed by atoms with Crippen LogP contribution in [0.15, 0.2) is 18.2 Å². The molecule has 16 heavy (non-hydrogen) atoms. The first-order valence-corrected chi connectivity index (χ1v) is 4.63. The quantitative estimate of drug-likeness (QED) is 0.725. The van der Waals surface area contributed by atoms with Gasteiger partial charge in [-0.1, -0.05) is 6.07 Å². The Kier molecular flexibility index (Phi) is 2.43. The molecule has 88 valence electrons. The fourth-order valence-electron chi connectivity index (χ4n) is 1.60. The Morgan fingerprint density at radius 2 is 1.88 bits per heavy atom. The molecule has 1 heterocycles. The van der Waals surface area contributed by atoms with Crippen LogP contribution in [0.1, 0.15) is 11.1 Å². The van der Waals surface area contributed by atoms with Crippen LogP contribution in [0.4, 0.5) is 17.6 Å². The van der Waals surface area contributed by atoms with Gasteiger partial charge in [0.05, 0.1) is 5.56 Å². The summed E-state index contributed by atoms with van der Waals surface area (Å²) in [6, 6.07) is 2.57. The van der Waals surface area contributed by atoms with Crippen LogP contribution in [0.25, 0.3) is 0 Å².